The number of nitrogens with zero attached hydrogens (tertiary/aromatic N) is 1. The fourth-order valence-corrected chi connectivity index (χ4v) is 2.99. The third-order valence-electron chi connectivity index (χ3n) is 3.66. The van der Waals surface area contributed by atoms with Crippen molar-refractivity contribution in [1.82, 2.24) is 0 Å². The van der Waals surface area contributed by atoms with E-state index >= 15 is 0 Å². The van der Waals surface area contributed by atoms with Gasteiger partial charge in [-0.05, 0) is 29.7 Å². The molecule has 102 valence electrons. The van der Waals surface area contributed by atoms with E-state index in [-0.39, 0.29) is 5.56 Å². The summed E-state index contributed by atoms with van der Waals surface area (Å²) in [7, 11) is 0. The van der Waals surface area contributed by atoms with E-state index < -0.39 is 5.97 Å². The Kier molecular flexibility index (Phi) is 3.36. The highest BCUT2D eigenvalue weighted by Gasteiger charge is 2.22. The van der Waals surface area contributed by atoms with Crippen LogP contribution in [0.2, 0.25) is 5.02 Å². The summed E-state index contributed by atoms with van der Waals surface area (Å²) in [5.41, 5.74) is 3.44. The maximum absolute atomic E-state index is 11.4. The summed E-state index contributed by atoms with van der Waals surface area (Å²) in [6, 6.07) is 13.3. The van der Waals surface area contributed by atoms with Gasteiger partial charge in [0.2, 0.25) is 0 Å². The first-order valence-electron chi connectivity index (χ1n) is 6.50. The summed E-state index contributed by atoms with van der Waals surface area (Å²) in [6.45, 7) is 1.47. The lowest BCUT2D eigenvalue weighted by atomic mass is 9.98. The van der Waals surface area contributed by atoms with Crippen LogP contribution in [0, 0.1) is 0 Å². The largest absolute Gasteiger partial charge is 0.478 e. The molecule has 3 rings (SSSR count). The molecule has 1 N–H and O–H groups in total. The molecule has 4 heteroatoms. The number of carbonyl (C=O) groups is 1. The molecular weight excluding hydrogens is 274 g/mol. The number of halogens is 1. The molecule has 1 aliphatic heterocycles. The standard InChI is InChI=1S/C16H14ClNO2/c17-14-7-3-6-13(16(19)20)15(14)18-9-8-11-4-1-2-5-12(11)10-18/h1-7H,8-10H2,(H,19,20). The molecule has 0 unspecified atom stereocenters. The van der Waals surface area contributed by atoms with E-state index in [2.05, 4.69) is 12.1 Å². The number of hydrogen-bond donors (Lipinski definition) is 1. The van der Waals surface area contributed by atoms with Crippen LogP contribution >= 0.6 is 11.6 Å². The van der Waals surface area contributed by atoms with Crippen LogP contribution in [-0.2, 0) is 13.0 Å². The SMILES string of the molecule is O=C(O)c1cccc(Cl)c1N1CCc2ccccc2C1. The van der Waals surface area contributed by atoms with Crippen LogP contribution in [0.1, 0.15) is 21.5 Å². The molecule has 0 bridgehead atoms. The maximum Gasteiger partial charge on any atom is 0.337 e. The van der Waals surface area contributed by atoms with Gasteiger partial charge in [-0.2, -0.15) is 0 Å². The summed E-state index contributed by atoms with van der Waals surface area (Å²) in [5, 5.41) is 9.82. The number of fused-ring (bicyclic) bond motifs is 1. The molecule has 0 aromatic heterocycles. The third kappa shape index (κ3) is 2.25. The molecule has 1 heterocycles. The van der Waals surface area contributed by atoms with Gasteiger partial charge in [0.15, 0.2) is 0 Å². The van der Waals surface area contributed by atoms with Gasteiger partial charge >= 0.3 is 5.97 Å². The topological polar surface area (TPSA) is 40.5 Å². The molecule has 0 saturated carbocycles. The van der Waals surface area contributed by atoms with Crippen LogP contribution in [0.15, 0.2) is 42.5 Å². The number of rotatable bonds is 2. The Labute approximate surface area is 122 Å². The molecule has 0 aliphatic carbocycles. The molecular formula is C16H14ClNO2. The van der Waals surface area contributed by atoms with E-state index in [0.717, 1.165) is 13.0 Å². The van der Waals surface area contributed by atoms with Crippen molar-refractivity contribution in [3.8, 4) is 0 Å². The van der Waals surface area contributed by atoms with Crippen molar-refractivity contribution in [2.75, 3.05) is 11.4 Å². The first-order valence-corrected chi connectivity index (χ1v) is 6.88. The molecule has 0 atom stereocenters. The monoisotopic (exact) mass is 287 g/mol. The van der Waals surface area contributed by atoms with Crippen LogP contribution in [0.25, 0.3) is 0 Å². The number of anilines is 1. The Morgan fingerprint density at radius 3 is 2.60 bits per heavy atom. The van der Waals surface area contributed by atoms with E-state index in [9.17, 15) is 9.90 Å². The molecule has 0 radical (unpaired) electrons. The Morgan fingerprint density at radius 1 is 1.10 bits per heavy atom. The number of carboxylic acid groups (broad SMARTS) is 1. The number of benzene rings is 2. The van der Waals surface area contributed by atoms with Gasteiger partial charge in [-0.25, -0.2) is 4.79 Å². The number of para-hydroxylation sites is 1. The molecule has 20 heavy (non-hydrogen) atoms. The number of carboxylic acids is 1. The van der Waals surface area contributed by atoms with E-state index in [1.165, 1.54) is 11.1 Å². The maximum atomic E-state index is 11.4. The Bertz CT molecular complexity index is 669. The minimum Gasteiger partial charge on any atom is -0.478 e. The predicted molar refractivity (Wildman–Crippen MR) is 79.6 cm³/mol. The van der Waals surface area contributed by atoms with Crippen LogP contribution in [0.5, 0.6) is 0 Å². The smallest absolute Gasteiger partial charge is 0.337 e. The van der Waals surface area contributed by atoms with Crippen molar-refractivity contribution in [2.24, 2.45) is 0 Å². The first kappa shape index (κ1) is 13.0. The quantitative estimate of drug-likeness (QED) is 0.917. The van der Waals surface area contributed by atoms with Crippen molar-refractivity contribution in [3.63, 3.8) is 0 Å². The Balaban J connectivity index is 2.02. The Hall–Kier alpha value is -2.00. The molecule has 1 aliphatic rings. The molecule has 0 amide bonds. The normalized spacial score (nSPS) is 13.9. The van der Waals surface area contributed by atoms with Crippen molar-refractivity contribution >= 4 is 23.3 Å². The summed E-state index contributed by atoms with van der Waals surface area (Å²) in [5.74, 6) is -0.943. The van der Waals surface area contributed by atoms with Gasteiger partial charge in [0.1, 0.15) is 0 Å². The summed E-state index contributed by atoms with van der Waals surface area (Å²) in [6.07, 6.45) is 0.903. The van der Waals surface area contributed by atoms with Gasteiger partial charge in [-0.15, -0.1) is 0 Å². The lowest BCUT2D eigenvalue weighted by molar-refractivity contribution is 0.0697. The average molecular weight is 288 g/mol. The molecule has 0 fully saturated rings. The highest BCUT2D eigenvalue weighted by Crippen LogP contribution is 2.33. The fraction of sp³-hybridized carbons (Fsp3) is 0.188. The molecule has 0 saturated heterocycles. The van der Waals surface area contributed by atoms with E-state index in [1.54, 1.807) is 18.2 Å². The highest BCUT2D eigenvalue weighted by atomic mass is 35.5. The van der Waals surface area contributed by atoms with Crippen LogP contribution < -0.4 is 4.90 Å². The van der Waals surface area contributed by atoms with Gasteiger partial charge in [-0.3, -0.25) is 0 Å². The Morgan fingerprint density at radius 2 is 1.85 bits per heavy atom. The summed E-state index contributed by atoms with van der Waals surface area (Å²) >= 11 is 6.23. The third-order valence-corrected chi connectivity index (χ3v) is 3.97. The van der Waals surface area contributed by atoms with Gasteiger partial charge in [0, 0.05) is 13.1 Å². The summed E-state index contributed by atoms with van der Waals surface area (Å²) < 4.78 is 0. The van der Waals surface area contributed by atoms with Crippen LogP contribution in [0.4, 0.5) is 5.69 Å². The lowest BCUT2D eigenvalue weighted by Gasteiger charge is -2.32. The first-order chi connectivity index (χ1) is 9.66. The van der Waals surface area contributed by atoms with Crippen molar-refractivity contribution < 1.29 is 9.90 Å². The second kappa shape index (κ2) is 5.17. The number of hydrogen-bond acceptors (Lipinski definition) is 2. The van der Waals surface area contributed by atoms with Crippen LogP contribution in [-0.4, -0.2) is 17.6 Å². The summed E-state index contributed by atoms with van der Waals surface area (Å²) in [4.78, 5) is 13.4. The fourth-order valence-electron chi connectivity index (χ4n) is 2.70. The van der Waals surface area contributed by atoms with Gasteiger partial charge in [-0.1, -0.05) is 41.9 Å². The molecule has 3 nitrogen and oxygen atoms in total. The minimum absolute atomic E-state index is 0.261. The van der Waals surface area contributed by atoms with Crippen molar-refractivity contribution in [3.05, 3.63) is 64.2 Å². The highest BCUT2D eigenvalue weighted by molar-refractivity contribution is 6.34. The van der Waals surface area contributed by atoms with Crippen molar-refractivity contribution in [1.29, 1.82) is 0 Å². The van der Waals surface area contributed by atoms with Crippen LogP contribution in [0.3, 0.4) is 0 Å². The van der Waals surface area contributed by atoms with E-state index in [4.69, 9.17) is 11.6 Å². The molecule has 2 aromatic rings. The molecule has 0 spiro atoms. The average Bonchev–Trinajstić information content (AvgIpc) is 2.46. The van der Waals surface area contributed by atoms with E-state index in [1.807, 2.05) is 17.0 Å². The molecule has 2 aromatic carbocycles. The second-order valence-electron chi connectivity index (χ2n) is 4.88. The predicted octanol–water partition coefficient (Wildman–Crippen LogP) is 3.60. The zero-order valence-electron chi connectivity index (χ0n) is 10.8. The lowest BCUT2D eigenvalue weighted by Crippen LogP contribution is -2.31. The van der Waals surface area contributed by atoms with Crippen molar-refractivity contribution in [2.45, 2.75) is 13.0 Å². The number of aromatic carboxylic acids is 1. The van der Waals surface area contributed by atoms with Gasteiger partial charge in [0.25, 0.3) is 0 Å². The van der Waals surface area contributed by atoms with Gasteiger partial charge < -0.3 is 10.0 Å². The zero-order valence-corrected chi connectivity index (χ0v) is 11.6. The zero-order chi connectivity index (χ0) is 14.1. The second-order valence-corrected chi connectivity index (χ2v) is 5.29. The van der Waals surface area contributed by atoms with E-state index in [0.29, 0.717) is 17.3 Å². The minimum atomic E-state index is -0.943. The van der Waals surface area contributed by atoms with Gasteiger partial charge in [0.05, 0.1) is 16.3 Å².